The van der Waals surface area contributed by atoms with Gasteiger partial charge in [-0.05, 0) is 44.9 Å². The van der Waals surface area contributed by atoms with Gasteiger partial charge in [0.2, 0.25) is 0 Å². The largest absolute Gasteiger partial charge is 0.316 e. The SMILES string of the molecule is Cc1cc(C)c(SC2CCNC2)c(C)c1. The first kappa shape index (κ1) is 11.0. The van der Waals surface area contributed by atoms with Gasteiger partial charge in [0.05, 0.1) is 0 Å². The molecule has 0 aliphatic carbocycles. The molecule has 1 fully saturated rings. The lowest BCUT2D eigenvalue weighted by atomic mass is 10.1. The van der Waals surface area contributed by atoms with Gasteiger partial charge in [0.25, 0.3) is 0 Å². The van der Waals surface area contributed by atoms with Gasteiger partial charge in [-0.15, -0.1) is 11.8 Å². The Morgan fingerprint density at radius 3 is 2.40 bits per heavy atom. The summed E-state index contributed by atoms with van der Waals surface area (Å²) in [7, 11) is 0. The summed E-state index contributed by atoms with van der Waals surface area (Å²) in [5, 5.41) is 4.19. The second-order valence-electron chi connectivity index (χ2n) is 4.46. The standard InChI is InChI=1S/C13H19NS/c1-9-6-10(2)13(11(3)7-9)15-12-4-5-14-8-12/h6-7,12,14H,4-5,8H2,1-3H3. The van der Waals surface area contributed by atoms with Gasteiger partial charge < -0.3 is 5.32 Å². The molecule has 0 saturated carbocycles. The number of rotatable bonds is 2. The minimum atomic E-state index is 0.769. The lowest BCUT2D eigenvalue weighted by molar-refractivity contribution is 0.858. The third kappa shape index (κ3) is 2.56. The molecule has 1 saturated heterocycles. The Kier molecular flexibility index (Phi) is 3.37. The molecule has 1 nitrogen and oxygen atoms in total. The second kappa shape index (κ2) is 4.58. The van der Waals surface area contributed by atoms with Crippen LogP contribution < -0.4 is 5.32 Å². The second-order valence-corrected chi connectivity index (χ2v) is 5.77. The van der Waals surface area contributed by atoms with E-state index in [1.54, 1.807) is 0 Å². The average Bonchev–Trinajstić information content (AvgIpc) is 2.63. The van der Waals surface area contributed by atoms with E-state index in [9.17, 15) is 0 Å². The summed E-state index contributed by atoms with van der Waals surface area (Å²) in [6, 6.07) is 4.58. The summed E-state index contributed by atoms with van der Waals surface area (Å²) in [6.07, 6.45) is 1.30. The van der Waals surface area contributed by atoms with Crippen LogP contribution in [0, 0.1) is 20.8 Å². The van der Waals surface area contributed by atoms with Gasteiger partial charge in [0.1, 0.15) is 0 Å². The molecular formula is C13H19NS. The quantitative estimate of drug-likeness (QED) is 0.823. The molecular weight excluding hydrogens is 202 g/mol. The molecule has 1 aliphatic rings. The van der Waals surface area contributed by atoms with E-state index < -0.39 is 0 Å². The highest BCUT2D eigenvalue weighted by molar-refractivity contribution is 8.00. The van der Waals surface area contributed by atoms with Gasteiger partial charge in [-0.1, -0.05) is 17.7 Å². The number of nitrogens with one attached hydrogen (secondary N) is 1. The van der Waals surface area contributed by atoms with E-state index in [-0.39, 0.29) is 0 Å². The average molecular weight is 221 g/mol. The maximum atomic E-state index is 3.42. The van der Waals surface area contributed by atoms with E-state index in [0.717, 1.165) is 11.8 Å². The number of hydrogen-bond acceptors (Lipinski definition) is 2. The van der Waals surface area contributed by atoms with Crippen molar-refractivity contribution in [1.82, 2.24) is 5.32 Å². The Bertz CT molecular complexity index is 331. The van der Waals surface area contributed by atoms with E-state index in [1.165, 1.54) is 34.6 Å². The molecule has 2 heteroatoms. The molecule has 1 N–H and O–H groups in total. The zero-order valence-corrected chi connectivity index (χ0v) is 10.6. The Morgan fingerprint density at radius 2 is 1.87 bits per heavy atom. The molecule has 1 unspecified atom stereocenters. The number of aryl methyl sites for hydroxylation is 3. The van der Waals surface area contributed by atoms with Crippen molar-refractivity contribution in [3.8, 4) is 0 Å². The van der Waals surface area contributed by atoms with Crippen LogP contribution in [0.15, 0.2) is 17.0 Å². The molecule has 0 radical (unpaired) electrons. The van der Waals surface area contributed by atoms with Gasteiger partial charge in [-0.3, -0.25) is 0 Å². The van der Waals surface area contributed by atoms with Crippen LogP contribution in [0.25, 0.3) is 0 Å². The third-order valence-corrected chi connectivity index (χ3v) is 4.52. The molecule has 1 aromatic carbocycles. The number of hydrogen-bond donors (Lipinski definition) is 1. The number of benzene rings is 1. The predicted molar refractivity (Wildman–Crippen MR) is 67.8 cm³/mol. The van der Waals surface area contributed by atoms with E-state index in [0.29, 0.717) is 0 Å². The van der Waals surface area contributed by atoms with Crippen LogP contribution in [-0.2, 0) is 0 Å². The van der Waals surface area contributed by atoms with Crippen molar-refractivity contribution in [3.63, 3.8) is 0 Å². The third-order valence-electron chi connectivity index (χ3n) is 2.90. The van der Waals surface area contributed by atoms with Crippen LogP contribution >= 0.6 is 11.8 Å². The van der Waals surface area contributed by atoms with Gasteiger partial charge in [0, 0.05) is 16.7 Å². The lowest BCUT2D eigenvalue weighted by Gasteiger charge is -2.14. The maximum Gasteiger partial charge on any atom is 0.0232 e. The van der Waals surface area contributed by atoms with E-state index in [4.69, 9.17) is 0 Å². The topological polar surface area (TPSA) is 12.0 Å². The minimum absolute atomic E-state index is 0.769. The monoisotopic (exact) mass is 221 g/mol. The molecule has 0 spiro atoms. The summed E-state index contributed by atoms with van der Waals surface area (Å²) >= 11 is 2.05. The van der Waals surface area contributed by atoms with Crippen molar-refractivity contribution in [3.05, 3.63) is 28.8 Å². The molecule has 82 valence electrons. The Labute approximate surface area is 96.7 Å². The van der Waals surface area contributed by atoms with Crippen LogP contribution in [0.3, 0.4) is 0 Å². The number of thioether (sulfide) groups is 1. The predicted octanol–water partition coefficient (Wildman–Crippen LogP) is 3.07. The van der Waals surface area contributed by atoms with Crippen LogP contribution in [-0.4, -0.2) is 18.3 Å². The molecule has 15 heavy (non-hydrogen) atoms. The van der Waals surface area contributed by atoms with Crippen molar-refractivity contribution in [2.24, 2.45) is 0 Å². The summed E-state index contributed by atoms with van der Waals surface area (Å²) in [5.74, 6) is 0. The smallest absolute Gasteiger partial charge is 0.0232 e. The molecule has 2 rings (SSSR count). The summed E-state index contributed by atoms with van der Waals surface area (Å²) in [5.41, 5.74) is 4.24. The molecule has 1 aromatic rings. The van der Waals surface area contributed by atoms with Crippen molar-refractivity contribution in [2.75, 3.05) is 13.1 Å². The van der Waals surface area contributed by atoms with Crippen LogP contribution in [0.1, 0.15) is 23.1 Å². The highest BCUT2D eigenvalue weighted by Gasteiger charge is 2.17. The molecule has 0 amide bonds. The van der Waals surface area contributed by atoms with Gasteiger partial charge in [-0.25, -0.2) is 0 Å². The molecule has 0 bridgehead atoms. The summed E-state index contributed by atoms with van der Waals surface area (Å²) < 4.78 is 0. The van der Waals surface area contributed by atoms with Crippen LogP contribution in [0.4, 0.5) is 0 Å². The van der Waals surface area contributed by atoms with Gasteiger partial charge in [0.15, 0.2) is 0 Å². The van der Waals surface area contributed by atoms with Gasteiger partial charge >= 0.3 is 0 Å². The maximum absolute atomic E-state index is 3.42. The highest BCUT2D eigenvalue weighted by atomic mass is 32.2. The summed E-state index contributed by atoms with van der Waals surface area (Å²) in [6.45, 7) is 8.97. The highest BCUT2D eigenvalue weighted by Crippen LogP contribution is 2.32. The van der Waals surface area contributed by atoms with Crippen molar-refractivity contribution < 1.29 is 0 Å². The first-order valence-electron chi connectivity index (χ1n) is 5.62. The Morgan fingerprint density at radius 1 is 1.20 bits per heavy atom. The fourth-order valence-electron chi connectivity index (χ4n) is 2.25. The minimum Gasteiger partial charge on any atom is -0.316 e. The fourth-order valence-corrected chi connectivity index (χ4v) is 3.51. The fraction of sp³-hybridized carbons (Fsp3) is 0.538. The Balaban J connectivity index is 2.19. The van der Waals surface area contributed by atoms with Gasteiger partial charge in [-0.2, -0.15) is 0 Å². The molecule has 1 heterocycles. The van der Waals surface area contributed by atoms with E-state index >= 15 is 0 Å². The van der Waals surface area contributed by atoms with Crippen LogP contribution in [0.5, 0.6) is 0 Å². The first-order valence-corrected chi connectivity index (χ1v) is 6.50. The van der Waals surface area contributed by atoms with E-state index in [1.807, 2.05) is 0 Å². The molecule has 1 atom stereocenters. The zero-order chi connectivity index (χ0) is 10.8. The normalized spacial score (nSPS) is 20.9. The first-order chi connectivity index (χ1) is 7.16. The van der Waals surface area contributed by atoms with Crippen LogP contribution in [0.2, 0.25) is 0 Å². The lowest BCUT2D eigenvalue weighted by Crippen LogP contribution is -2.10. The van der Waals surface area contributed by atoms with Crippen molar-refractivity contribution in [1.29, 1.82) is 0 Å². The van der Waals surface area contributed by atoms with E-state index in [2.05, 4.69) is 50.0 Å². The van der Waals surface area contributed by atoms with Crippen molar-refractivity contribution >= 4 is 11.8 Å². The Hall–Kier alpha value is -0.470. The molecule has 1 aliphatic heterocycles. The molecule has 0 aromatic heterocycles. The summed E-state index contributed by atoms with van der Waals surface area (Å²) in [4.78, 5) is 1.49. The zero-order valence-electron chi connectivity index (χ0n) is 9.76. The van der Waals surface area contributed by atoms with Crippen molar-refractivity contribution in [2.45, 2.75) is 37.3 Å².